The minimum Gasteiger partial charge on any atom is -0.389 e. The topological polar surface area (TPSA) is 66.8 Å². The van der Waals surface area contributed by atoms with Crippen molar-refractivity contribution >= 4 is 5.78 Å². The molecule has 0 aromatic carbocycles. The molecule has 0 spiro atoms. The molecule has 0 unspecified atom stereocenters. The number of ether oxygens (including phenoxy) is 1. The summed E-state index contributed by atoms with van der Waals surface area (Å²) in [6, 6.07) is 0. The normalized spacial score (nSPS) is 53.5. The van der Waals surface area contributed by atoms with Gasteiger partial charge in [0.15, 0.2) is 11.4 Å². The summed E-state index contributed by atoms with van der Waals surface area (Å²) >= 11 is 0. The monoisotopic (exact) mass is 266 g/mol. The lowest BCUT2D eigenvalue weighted by Crippen LogP contribution is -2.67. The number of ketones is 1. The second kappa shape index (κ2) is 3.68. The molecule has 4 nitrogen and oxygen atoms in total. The van der Waals surface area contributed by atoms with Gasteiger partial charge >= 0.3 is 0 Å². The lowest BCUT2D eigenvalue weighted by molar-refractivity contribution is -0.243. The minimum absolute atomic E-state index is 0.0719. The summed E-state index contributed by atoms with van der Waals surface area (Å²) < 4.78 is 5.80. The number of fused-ring (bicyclic) bond motifs is 3. The van der Waals surface area contributed by atoms with Gasteiger partial charge in [-0.3, -0.25) is 4.79 Å². The molecule has 1 saturated heterocycles. The average molecular weight is 266 g/mol. The number of hydrogen-bond donors (Lipinski definition) is 2. The second-order valence-corrected chi connectivity index (χ2v) is 6.90. The molecule has 1 aliphatic heterocycles. The van der Waals surface area contributed by atoms with E-state index in [0.717, 1.165) is 5.57 Å². The van der Waals surface area contributed by atoms with Gasteiger partial charge in [-0.05, 0) is 25.3 Å². The van der Waals surface area contributed by atoms with E-state index in [0.29, 0.717) is 19.3 Å². The molecule has 0 radical (unpaired) electrons. The second-order valence-electron chi connectivity index (χ2n) is 6.90. The molecule has 0 aromatic heterocycles. The minimum atomic E-state index is -1.39. The summed E-state index contributed by atoms with van der Waals surface area (Å²) in [5.41, 5.74) is -1.42. The van der Waals surface area contributed by atoms with Crippen molar-refractivity contribution in [2.75, 3.05) is 6.61 Å². The van der Waals surface area contributed by atoms with E-state index < -0.39 is 22.5 Å². The molecule has 1 saturated carbocycles. The maximum absolute atomic E-state index is 12.1. The molecule has 2 N–H and O–H groups in total. The van der Waals surface area contributed by atoms with Crippen molar-refractivity contribution < 1.29 is 19.7 Å². The third kappa shape index (κ3) is 1.37. The Labute approximate surface area is 113 Å². The number of aliphatic hydroxyl groups excluding tert-OH is 1. The van der Waals surface area contributed by atoms with E-state index in [4.69, 9.17) is 4.74 Å². The number of rotatable bonds is 0. The molecule has 19 heavy (non-hydrogen) atoms. The van der Waals surface area contributed by atoms with Crippen molar-refractivity contribution in [3.8, 4) is 0 Å². The van der Waals surface area contributed by atoms with E-state index in [9.17, 15) is 15.0 Å². The molecule has 106 valence electrons. The van der Waals surface area contributed by atoms with E-state index in [1.165, 1.54) is 0 Å². The van der Waals surface area contributed by atoms with Crippen molar-refractivity contribution in [2.45, 2.75) is 57.8 Å². The van der Waals surface area contributed by atoms with Gasteiger partial charge in [0.1, 0.15) is 0 Å². The lowest BCUT2D eigenvalue weighted by atomic mass is 9.51. The first-order chi connectivity index (χ1) is 8.74. The van der Waals surface area contributed by atoms with Crippen LogP contribution in [-0.4, -0.2) is 40.4 Å². The van der Waals surface area contributed by atoms with Crippen LogP contribution in [0.4, 0.5) is 0 Å². The fourth-order valence-corrected chi connectivity index (χ4v) is 4.28. The zero-order chi connectivity index (χ0) is 14.1. The van der Waals surface area contributed by atoms with Gasteiger partial charge < -0.3 is 14.9 Å². The smallest absolute Gasteiger partial charge is 0.167 e. The van der Waals surface area contributed by atoms with Crippen LogP contribution >= 0.6 is 0 Å². The largest absolute Gasteiger partial charge is 0.389 e. The molecule has 2 aliphatic carbocycles. The van der Waals surface area contributed by atoms with Gasteiger partial charge in [-0.25, -0.2) is 0 Å². The summed E-state index contributed by atoms with van der Waals surface area (Å²) in [5, 5.41) is 21.0. The predicted octanol–water partition coefficient (Wildman–Crippen LogP) is 1.20. The van der Waals surface area contributed by atoms with Gasteiger partial charge in [-0.2, -0.15) is 0 Å². The summed E-state index contributed by atoms with van der Waals surface area (Å²) in [6.45, 7) is 5.99. The Morgan fingerprint density at radius 1 is 1.42 bits per heavy atom. The number of hydrogen-bond acceptors (Lipinski definition) is 4. The average Bonchev–Trinajstić information content (AvgIpc) is 2.58. The molecule has 1 heterocycles. The lowest BCUT2D eigenvalue weighted by Gasteiger charge is -2.59. The number of carbonyl (C=O) groups is 1. The van der Waals surface area contributed by atoms with Crippen LogP contribution < -0.4 is 0 Å². The summed E-state index contributed by atoms with van der Waals surface area (Å²) in [7, 11) is 0. The molecular weight excluding hydrogens is 244 g/mol. The van der Waals surface area contributed by atoms with Crippen LogP contribution in [0.3, 0.4) is 0 Å². The van der Waals surface area contributed by atoms with Gasteiger partial charge in [0.25, 0.3) is 0 Å². The highest BCUT2D eigenvalue weighted by Crippen LogP contribution is 2.63. The van der Waals surface area contributed by atoms with E-state index in [-0.39, 0.29) is 18.5 Å². The van der Waals surface area contributed by atoms with Crippen LogP contribution in [0.25, 0.3) is 0 Å². The van der Waals surface area contributed by atoms with Crippen LogP contribution in [0, 0.1) is 10.8 Å². The van der Waals surface area contributed by atoms with Crippen molar-refractivity contribution in [1.29, 1.82) is 0 Å². The maximum atomic E-state index is 12.1. The van der Waals surface area contributed by atoms with Crippen molar-refractivity contribution in [2.24, 2.45) is 10.8 Å². The Kier molecular flexibility index (Phi) is 2.58. The molecule has 3 aliphatic rings. The Morgan fingerprint density at radius 2 is 2.11 bits per heavy atom. The summed E-state index contributed by atoms with van der Waals surface area (Å²) in [6.07, 6.45) is 2.91. The quantitative estimate of drug-likeness (QED) is 0.647. The van der Waals surface area contributed by atoms with Crippen molar-refractivity contribution in [3.63, 3.8) is 0 Å². The third-order valence-corrected chi connectivity index (χ3v) is 6.14. The number of carbonyl (C=O) groups excluding carboxylic acids is 1. The molecule has 0 amide bonds. The van der Waals surface area contributed by atoms with E-state index >= 15 is 0 Å². The van der Waals surface area contributed by atoms with Gasteiger partial charge in [0.05, 0.1) is 18.8 Å². The summed E-state index contributed by atoms with van der Waals surface area (Å²) in [5.74, 6) is -0.115. The Hall–Kier alpha value is -0.710. The Morgan fingerprint density at radius 3 is 2.79 bits per heavy atom. The molecule has 5 atom stereocenters. The van der Waals surface area contributed by atoms with Gasteiger partial charge in [0, 0.05) is 17.3 Å². The number of aliphatic hydroxyl groups is 2. The zero-order valence-corrected chi connectivity index (χ0v) is 11.8. The first-order valence-electron chi connectivity index (χ1n) is 6.98. The Balaban J connectivity index is 2.11. The van der Waals surface area contributed by atoms with E-state index in [1.807, 2.05) is 26.8 Å². The first-order valence-corrected chi connectivity index (χ1v) is 6.98. The van der Waals surface area contributed by atoms with E-state index in [2.05, 4.69) is 0 Å². The van der Waals surface area contributed by atoms with Gasteiger partial charge in [-0.15, -0.1) is 0 Å². The highest BCUT2D eigenvalue weighted by molar-refractivity contribution is 5.91. The van der Waals surface area contributed by atoms with Crippen LogP contribution in [-0.2, 0) is 9.53 Å². The fourth-order valence-electron chi connectivity index (χ4n) is 4.28. The predicted molar refractivity (Wildman–Crippen MR) is 69.5 cm³/mol. The van der Waals surface area contributed by atoms with Crippen LogP contribution in [0.15, 0.2) is 11.6 Å². The Bertz CT molecular complexity index is 471. The van der Waals surface area contributed by atoms with Crippen LogP contribution in [0.1, 0.15) is 40.0 Å². The molecule has 4 heteroatoms. The fraction of sp³-hybridized carbons (Fsp3) is 0.800. The maximum Gasteiger partial charge on any atom is 0.167 e. The highest BCUT2D eigenvalue weighted by Gasteiger charge is 2.69. The third-order valence-electron chi connectivity index (χ3n) is 6.14. The van der Waals surface area contributed by atoms with Gasteiger partial charge in [0.2, 0.25) is 0 Å². The van der Waals surface area contributed by atoms with Crippen molar-refractivity contribution in [3.05, 3.63) is 11.6 Å². The molecule has 0 bridgehead atoms. The zero-order valence-electron chi connectivity index (χ0n) is 11.8. The number of Topliss-reactive ketones (excluding diaryl/α,β-unsaturated/α-hetero) is 1. The summed E-state index contributed by atoms with van der Waals surface area (Å²) in [4.78, 5) is 12.1. The molecule has 0 aromatic rings. The highest BCUT2D eigenvalue weighted by atomic mass is 16.5. The standard InChI is InChI=1S/C15H22O4/c1-9-6-12-13(2,7-10(9)16)14(3)5-4-11(17)15(14,18)8-19-12/h6,10,12,16,18H,4-5,7-8H2,1-3H3/t10-,12+,13+,14-,15+/m1/s1. The molecule has 3 rings (SSSR count). The first kappa shape index (κ1) is 13.3. The van der Waals surface area contributed by atoms with Gasteiger partial charge in [-0.1, -0.05) is 19.9 Å². The van der Waals surface area contributed by atoms with Crippen LogP contribution in [0.5, 0.6) is 0 Å². The molecular formula is C15H22O4. The van der Waals surface area contributed by atoms with Crippen molar-refractivity contribution in [1.82, 2.24) is 0 Å². The SMILES string of the molecule is CC1=C[C@@H]2OC[C@]3(O)C(=O)CC[C@]3(C)[C@@]2(C)C[C@H]1O. The van der Waals surface area contributed by atoms with E-state index in [1.54, 1.807) is 0 Å². The van der Waals surface area contributed by atoms with Crippen LogP contribution in [0.2, 0.25) is 0 Å². The molecule has 2 fully saturated rings.